The zero-order valence-corrected chi connectivity index (χ0v) is 15.3. The van der Waals surface area contributed by atoms with Crippen molar-refractivity contribution >= 4 is 40.6 Å². The molecule has 2 aliphatic heterocycles. The van der Waals surface area contributed by atoms with Crippen molar-refractivity contribution in [1.29, 1.82) is 0 Å². The third-order valence-corrected chi connectivity index (χ3v) is 5.68. The molecule has 0 N–H and O–H groups in total. The van der Waals surface area contributed by atoms with Crippen LogP contribution in [-0.2, 0) is 4.79 Å². The Balaban J connectivity index is 1.82. The fourth-order valence-corrected chi connectivity index (χ4v) is 4.01. The molecule has 1 fully saturated rings. The standard InChI is InChI=1S/C18H18Cl2N4O/c1-11-16(18(25)23-8-2-3-9-23)17(24-15(22-11)6-7-21-24)12-4-5-13(19)14(20)10-12/h4-7,10,16-17H,2-3,8-9H2,1H3. The molecular weight excluding hydrogens is 359 g/mol. The quantitative estimate of drug-likeness (QED) is 0.791. The fourth-order valence-electron chi connectivity index (χ4n) is 3.71. The highest BCUT2D eigenvalue weighted by Gasteiger charge is 2.40. The smallest absolute Gasteiger partial charge is 0.233 e. The SMILES string of the molecule is CC1=Nc2ccnn2C(c2ccc(Cl)c(Cl)c2)C1C(=O)N1CCCC1. The van der Waals surface area contributed by atoms with E-state index in [1.54, 1.807) is 12.3 Å². The predicted octanol–water partition coefficient (Wildman–Crippen LogP) is 4.12. The Morgan fingerprint density at radius 1 is 1.16 bits per heavy atom. The molecule has 2 unspecified atom stereocenters. The van der Waals surface area contributed by atoms with Crippen molar-refractivity contribution in [3.8, 4) is 0 Å². The number of nitrogens with zero attached hydrogens (tertiary/aromatic N) is 4. The summed E-state index contributed by atoms with van der Waals surface area (Å²) in [6, 6.07) is 7.08. The second-order valence-electron chi connectivity index (χ2n) is 6.52. The van der Waals surface area contributed by atoms with E-state index >= 15 is 0 Å². The lowest BCUT2D eigenvalue weighted by molar-refractivity contribution is -0.133. The summed E-state index contributed by atoms with van der Waals surface area (Å²) in [6.45, 7) is 3.53. The molecule has 1 amide bonds. The summed E-state index contributed by atoms with van der Waals surface area (Å²) in [4.78, 5) is 19.8. The molecule has 0 aliphatic carbocycles. The van der Waals surface area contributed by atoms with Gasteiger partial charge in [-0.05, 0) is 37.5 Å². The molecule has 1 saturated heterocycles. The molecule has 25 heavy (non-hydrogen) atoms. The van der Waals surface area contributed by atoms with E-state index in [1.807, 2.05) is 34.7 Å². The van der Waals surface area contributed by atoms with Crippen molar-refractivity contribution in [2.75, 3.05) is 13.1 Å². The highest BCUT2D eigenvalue weighted by molar-refractivity contribution is 6.42. The van der Waals surface area contributed by atoms with Crippen molar-refractivity contribution in [2.45, 2.75) is 25.8 Å². The Kier molecular flexibility index (Phi) is 4.29. The number of rotatable bonds is 2. The average molecular weight is 377 g/mol. The maximum atomic E-state index is 13.2. The van der Waals surface area contributed by atoms with Crippen LogP contribution < -0.4 is 0 Å². The van der Waals surface area contributed by atoms with Crippen LogP contribution in [0.2, 0.25) is 10.0 Å². The van der Waals surface area contributed by atoms with Crippen LogP contribution in [0.3, 0.4) is 0 Å². The second kappa shape index (κ2) is 6.46. The zero-order chi connectivity index (χ0) is 17.6. The Labute approximate surface area is 156 Å². The van der Waals surface area contributed by atoms with Gasteiger partial charge in [0.15, 0.2) is 5.82 Å². The Morgan fingerprint density at radius 2 is 1.92 bits per heavy atom. The predicted molar refractivity (Wildman–Crippen MR) is 98.9 cm³/mol. The topological polar surface area (TPSA) is 50.5 Å². The molecule has 5 nitrogen and oxygen atoms in total. The van der Waals surface area contributed by atoms with Gasteiger partial charge in [-0.3, -0.25) is 4.79 Å². The summed E-state index contributed by atoms with van der Waals surface area (Å²) in [6.07, 6.45) is 3.82. The van der Waals surface area contributed by atoms with Crippen LogP contribution in [0.1, 0.15) is 31.4 Å². The molecule has 2 aliphatic rings. The molecule has 4 rings (SSSR count). The van der Waals surface area contributed by atoms with Gasteiger partial charge in [-0.1, -0.05) is 29.3 Å². The minimum Gasteiger partial charge on any atom is -0.342 e. The summed E-state index contributed by atoms with van der Waals surface area (Å²) in [7, 11) is 0. The van der Waals surface area contributed by atoms with Crippen LogP contribution >= 0.6 is 23.2 Å². The highest BCUT2D eigenvalue weighted by atomic mass is 35.5. The van der Waals surface area contributed by atoms with E-state index in [2.05, 4.69) is 10.1 Å². The molecule has 2 atom stereocenters. The van der Waals surface area contributed by atoms with E-state index in [0.29, 0.717) is 10.0 Å². The van der Waals surface area contributed by atoms with Gasteiger partial charge in [0.05, 0.1) is 22.3 Å². The molecule has 0 saturated carbocycles. The molecular formula is C18H18Cl2N4O. The first-order chi connectivity index (χ1) is 12.1. The zero-order valence-electron chi connectivity index (χ0n) is 13.8. The number of amides is 1. The Bertz CT molecular complexity index is 855. The summed E-state index contributed by atoms with van der Waals surface area (Å²) in [5.74, 6) is 0.470. The molecule has 2 aromatic rings. The van der Waals surface area contributed by atoms with E-state index in [9.17, 15) is 4.79 Å². The normalized spacial score (nSPS) is 22.7. The Hall–Kier alpha value is -1.85. The van der Waals surface area contributed by atoms with E-state index in [0.717, 1.165) is 43.0 Å². The lowest BCUT2D eigenvalue weighted by atomic mass is 9.87. The van der Waals surface area contributed by atoms with Gasteiger partial charge < -0.3 is 4.90 Å². The van der Waals surface area contributed by atoms with Crippen molar-refractivity contribution in [2.24, 2.45) is 10.9 Å². The summed E-state index contributed by atoms with van der Waals surface area (Å²) >= 11 is 12.3. The summed E-state index contributed by atoms with van der Waals surface area (Å²) < 4.78 is 1.81. The molecule has 0 radical (unpaired) electrons. The number of carbonyl (C=O) groups excluding carboxylic acids is 1. The van der Waals surface area contributed by atoms with Crippen LogP contribution in [0.5, 0.6) is 0 Å². The molecule has 3 heterocycles. The number of benzene rings is 1. The van der Waals surface area contributed by atoms with E-state index in [-0.39, 0.29) is 17.9 Å². The molecule has 7 heteroatoms. The van der Waals surface area contributed by atoms with Crippen LogP contribution in [-0.4, -0.2) is 39.4 Å². The Morgan fingerprint density at radius 3 is 2.64 bits per heavy atom. The monoisotopic (exact) mass is 376 g/mol. The van der Waals surface area contributed by atoms with E-state index in [4.69, 9.17) is 23.2 Å². The minimum absolute atomic E-state index is 0.107. The van der Waals surface area contributed by atoms with Crippen molar-refractivity contribution < 1.29 is 4.79 Å². The molecule has 1 aromatic heterocycles. The maximum Gasteiger partial charge on any atom is 0.233 e. The van der Waals surface area contributed by atoms with Crippen molar-refractivity contribution in [3.05, 3.63) is 46.1 Å². The third kappa shape index (κ3) is 2.85. The van der Waals surface area contributed by atoms with Gasteiger partial charge in [0, 0.05) is 24.9 Å². The number of fused-ring (bicyclic) bond motifs is 1. The number of halogens is 2. The third-order valence-electron chi connectivity index (χ3n) is 4.94. The molecule has 1 aromatic carbocycles. The largest absolute Gasteiger partial charge is 0.342 e. The first-order valence-corrected chi connectivity index (χ1v) is 9.14. The molecule has 0 spiro atoms. The van der Waals surface area contributed by atoms with Crippen molar-refractivity contribution in [1.82, 2.24) is 14.7 Å². The van der Waals surface area contributed by atoms with Crippen LogP contribution in [0, 0.1) is 5.92 Å². The fraction of sp³-hybridized carbons (Fsp3) is 0.389. The number of hydrogen-bond acceptors (Lipinski definition) is 3. The van der Waals surface area contributed by atoms with E-state index in [1.165, 1.54) is 0 Å². The number of aromatic nitrogens is 2. The maximum absolute atomic E-state index is 13.2. The van der Waals surface area contributed by atoms with Gasteiger partial charge in [0.2, 0.25) is 5.91 Å². The first kappa shape index (κ1) is 16.6. The summed E-state index contributed by atoms with van der Waals surface area (Å²) in [5, 5.41) is 5.39. The van der Waals surface area contributed by atoms with Crippen LogP contribution in [0.25, 0.3) is 0 Å². The lowest BCUT2D eigenvalue weighted by Gasteiger charge is -2.33. The number of likely N-dealkylation sites (tertiary alicyclic amines) is 1. The van der Waals surface area contributed by atoms with Gasteiger partial charge in [-0.15, -0.1) is 0 Å². The van der Waals surface area contributed by atoms with Gasteiger partial charge in [-0.25, -0.2) is 9.67 Å². The van der Waals surface area contributed by atoms with Gasteiger partial charge in [-0.2, -0.15) is 5.10 Å². The summed E-state index contributed by atoms with van der Waals surface area (Å²) in [5.41, 5.74) is 1.71. The number of carbonyl (C=O) groups is 1. The van der Waals surface area contributed by atoms with Gasteiger partial charge in [0.25, 0.3) is 0 Å². The molecule has 130 valence electrons. The first-order valence-electron chi connectivity index (χ1n) is 8.38. The number of aliphatic imine (C=N–C) groups is 1. The van der Waals surface area contributed by atoms with Crippen LogP contribution in [0.4, 0.5) is 5.82 Å². The lowest BCUT2D eigenvalue weighted by Crippen LogP contribution is -2.43. The van der Waals surface area contributed by atoms with E-state index < -0.39 is 0 Å². The van der Waals surface area contributed by atoms with Crippen molar-refractivity contribution in [3.63, 3.8) is 0 Å². The average Bonchev–Trinajstić information content (AvgIpc) is 3.26. The van der Waals surface area contributed by atoms with Crippen LogP contribution in [0.15, 0.2) is 35.5 Å². The number of hydrogen-bond donors (Lipinski definition) is 0. The van der Waals surface area contributed by atoms with Gasteiger partial charge in [0.1, 0.15) is 5.92 Å². The highest BCUT2D eigenvalue weighted by Crippen LogP contribution is 2.39. The van der Waals surface area contributed by atoms with Gasteiger partial charge >= 0.3 is 0 Å². The molecule has 0 bridgehead atoms. The minimum atomic E-state index is -0.386. The second-order valence-corrected chi connectivity index (χ2v) is 7.33.